The topological polar surface area (TPSA) is 55.4 Å². The molecule has 2 unspecified atom stereocenters. The van der Waals surface area contributed by atoms with E-state index < -0.39 is 0 Å². The van der Waals surface area contributed by atoms with Crippen LogP contribution < -0.4 is 5.73 Å². The molecule has 1 saturated carbocycles. The van der Waals surface area contributed by atoms with E-state index in [0.29, 0.717) is 11.8 Å². The van der Waals surface area contributed by atoms with Crippen LogP contribution in [0.15, 0.2) is 53.5 Å². The number of Topliss-reactive ketones (excluding diaryl/α,β-unsaturated/α-hetero) is 1. The molecule has 1 fully saturated rings. The first kappa shape index (κ1) is 19.3. The Morgan fingerprint density at radius 2 is 1.85 bits per heavy atom. The quantitative estimate of drug-likeness (QED) is 0.354. The summed E-state index contributed by atoms with van der Waals surface area (Å²) in [4.78, 5) is 17.3. The molecule has 1 aliphatic rings. The highest BCUT2D eigenvalue weighted by molar-refractivity contribution is 6.03. The Morgan fingerprint density at radius 3 is 2.59 bits per heavy atom. The number of amidine groups is 1. The smallest absolute Gasteiger partial charge is 0.165 e. The molecule has 142 valence electrons. The number of hydrogen-bond acceptors (Lipinski definition) is 2. The van der Waals surface area contributed by atoms with Gasteiger partial charge in [-0.05, 0) is 49.3 Å². The Hall–Kier alpha value is -2.42. The first-order valence-corrected chi connectivity index (χ1v) is 10.00. The van der Waals surface area contributed by atoms with Crippen LogP contribution in [0.1, 0.15) is 59.2 Å². The summed E-state index contributed by atoms with van der Waals surface area (Å²) in [7, 11) is 1.68. The van der Waals surface area contributed by atoms with Gasteiger partial charge in [0.05, 0.1) is 0 Å². The van der Waals surface area contributed by atoms with Crippen molar-refractivity contribution in [2.75, 3.05) is 7.05 Å². The first-order valence-electron chi connectivity index (χ1n) is 10.00. The maximum atomic E-state index is 13.2. The van der Waals surface area contributed by atoms with Crippen LogP contribution in [0.25, 0.3) is 0 Å². The highest BCUT2D eigenvalue weighted by Crippen LogP contribution is 2.32. The van der Waals surface area contributed by atoms with Crippen LogP contribution in [0.5, 0.6) is 0 Å². The number of nitrogens with two attached hydrogens (primary N) is 1. The van der Waals surface area contributed by atoms with E-state index in [9.17, 15) is 4.79 Å². The molecular formula is C24H30N2O. The molecule has 0 saturated heterocycles. The lowest BCUT2D eigenvalue weighted by atomic mass is 9.84. The number of nitrogens with zero attached hydrogens (tertiary/aromatic N) is 1. The zero-order valence-corrected chi connectivity index (χ0v) is 16.4. The van der Waals surface area contributed by atoms with E-state index in [-0.39, 0.29) is 11.7 Å². The minimum absolute atomic E-state index is 0.108. The summed E-state index contributed by atoms with van der Waals surface area (Å²) in [6, 6.07) is 16.5. The molecule has 0 aliphatic heterocycles. The van der Waals surface area contributed by atoms with Crippen LogP contribution in [0, 0.1) is 18.8 Å². The Labute approximate surface area is 162 Å². The largest absolute Gasteiger partial charge is 0.384 e. The van der Waals surface area contributed by atoms with Gasteiger partial charge in [-0.1, -0.05) is 61.7 Å². The molecule has 1 aliphatic carbocycles. The monoisotopic (exact) mass is 362 g/mol. The summed E-state index contributed by atoms with van der Waals surface area (Å²) in [5.41, 5.74) is 10.1. The van der Waals surface area contributed by atoms with E-state index in [1.165, 1.54) is 18.4 Å². The number of aliphatic imine (C=N–C) groups is 1. The van der Waals surface area contributed by atoms with Gasteiger partial charge in [0.25, 0.3) is 0 Å². The third-order valence-corrected chi connectivity index (χ3v) is 5.81. The maximum Gasteiger partial charge on any atom is 0.165 e. The van der Waals surface area contributed by atoms with Crippen molar-refractivity contribution in [1.29, 1.82) is 0 Å². The molecule has 0 aromatic heterocycles. The minimum atomic E-state index is 0.108. The van der Waals surface area contributed by atoms with Crippen molar-refractivity contribution in [1.82, 2.24) is 0 Å². The average molecular weight is 363 g/mol. The van der Waals surface area contributed by atoms with Crippen molar-refractivity contribution in [2.24, 2.45) is 22.6 Å². The van der Waals surface area contributed by atoms with Crippen LogP contribution in [0.4, 0.5) is 0 Å². The molecule has 0 spiro atoms. The fraction of sp³-hybridized carbons (Fsp3) is 0.417. The lowest BCUT2D eigenvalue weighted by Gasteiger charge is -2.20. The van der Waals surface area contributed by atoms with Crippen LogP contribution in [0.2, 0.25) is 0 Å². The van der Waals surface area contributed by atoms with Gasteiger partial charge in [-0.3, -0.25) is 9.79 Å². The number of hydrogen-bond donors (Lipinski definition) is 1. The molecule has 3 heteroatoms. The molecule has 27 heavy (non-hydrogen) atoms. The molecule has 2 aromatic rings. The molecule has 0 amide bonds. The number of carbonyl (C=O) groups excluding carboxylic acids is 1. The van der Waals surface area contributed by atoms with Crippen molar-refractivity contribution in [3.63, 3.8) is 0 Å². The third-order valence-electron chi connectivity index (χ3n) is 5.81. The van der Waals surface area contributed by atoms with Crippen LogP contribution >= 0.6 is 0 Å². The van der Waals surface area contributed by atoms with Crippen molar-refractivity contribution in [2.45, 2.75) is 45.4 Å². The lowest BCUT2D eigenvalue weighted by molar-refractivity contribution is 0.0897. The maximum absolute atomic E-state index is 13.2. The molecule has 3 rings (SSSR count). The third kappa shape index (κ3) is 4.85. The Bertz CT molecular complexity index is 810. The summed E-state index contributed by atoms with van der Waals surface area (Å²) in [5, 5.41) is 0. The highest BCUT2D eigenvalue weighted by Gasteiger charge is 2.27. The van der Waals surface area contributed by atoms with E-state index in [1.807, 2.05) is 25.1 Å². The average Bonchev–Trinajstić information content (AvgIpc) is 2.93. The summed E-state index contributed by atoms with van der Waals surface area (Å²) in [6.45, 7) is 2.00. The summed E-state index contributed by atoms with van der Waals surface area (Å²) in [5.74, 6) is 1.44. The normalized spacial score (nSPS) is 20.9. The van der Waals surface area contributed by atoms with Gasteiger partial charge in [-0.2, -0.15) is 0 Å². The molecule has 0 radical (unpaired) electrons. The lowest BCUT2D eigenvalue weighted by Crippen LogP contribution is -2.20. The molecule has 0 bridgehead atoms. The van der Waals surface area contributed by atoms with E-state index >= 15 is 0 Å². The van der Waals surface area contributed by atoms with Gasteiger partial charge in [0.2, 0.25) is 0 Å². The van der Waals surface area contributed by atoms with Gasteiger partial charge < -0.3 is 5.73 Å². The fourth-order valence-corrected chi connectivity index (χ4v) is 4.24. The molecule has 3 nitrogen and oxygen atoms in total. The summed E-state index contributed by atoms with van der Waals surface area (Å²) < 4.78 is 0. The van der Waals surface area contributed by atoms with E-state index in [0.717, 1.165) is 42.4 Å². The van der Waals surface area contributed by atoms with E-state index in [1.54, 1.807) is 7.05 Å². The molecule has 2 N–H and O–H groups in total. The molecule has 2 aromatic carbocycles. The number of carbonyl (C=O) groups is 1. The second-order valence-corrected chi connectivity index (χ2v) is 7.78. The van der Waals surface area contributed by atoms with Crippen LogP contribution in [0.3, 0.4) is 0 Å². The Morgan fingerprint density at radius 1 is 1.11 bits per heavy atom. The Balaban J connectivity index is 1.77. The minimum Gasteiger partial charge on any atom is -0.384 e. The first-order chi connectivity index (χ1) is 13.1. The van der Waals surface area contributed by atoms with E-state index in [2.05, 4.69) is 35.3 Å². The highest BCUT2D eigenvalue weighted by atomic mass is 16.1. The standard InChI is InChI=1S/C24H30N2O/c1-17-12-13-21(16-22(17)24(25)26-2)23(27)20-11-7-6-10-19(15-20)14-18-8-4-3-5-9-18/h3-5,8-9,12-13,16,19-20H,6-7,10-11,14-15H2,1-2H3,(H2,25,26). The number of aryl methyl sites for hydroxylation is 1. The molecule has 2 atom stereocenters. The van der Waals surface area contributed by atoms with Gasteiger partial charge in [0, 0.05) is 24.1 Å². The van der Waals surface area contributed by atoms with Gasteiger partial charge in [-0.25, -0.2) is 0 Å². The van der Waals surface area contributed by atoms with Gasteiger partial charge in [0.1, 0.15) is 5.84 Å². The SMILES string of the molecule is CN=C(N)c1cc(C(=O)C2CCCCC(Cc3ccccc3)C2)ccc1C. The number of rotatable bonds is 5. The van der Waals surface area contributed by atoms with E-state index in [4.69, 9.17) is 5.73 Å². The van der Waals surface area contributed by atoms with Crippen LogP contribution in [-0.2, 0) is 6.42 Å². The zero-order chi connectivity index (χ0) is 19.2. The second-order valence-electron chi connectivity index (χ2n) is 7.78. The van der Waals surface area contributed by atoms with Gasteiger partial charge in [-0.15, -0.1) is 0 Å². The van der Waals surface area contributed by atoms with Crippen molar-refractivity contribution in [3.05, 3.63) is 70.8 Å². The fourth-order valence-electron chi connectivity index (χ4n) is 4.24. The molecular weight excluding hydrogens is 332 g/mol. The van der Waals surface area contributed by atoms with Gasteiger partial charge >= 0.3 is 0 Å². The number of benzene rings is 2. The summed E-state index contributed by atoms with van der Waals surface area (Å²) >= 11 is 0. The molecule has 0 heterocycles. The van der Waals surface area contributed by atoms with Gasteiger partial charge in [0.15, 0.2) is 5.78 Å². The van der Waals surface area contributed by atoms with Crippen molar-refractivity contribution < 1.29 is 4.79 Å². The van der Waals surface area contributed by atoms with Crippen molar-refractivity contribution in [3.8, 4) is 0 Å². The van der Waals surface area contributed by atoms with Crippen LogP contribution in [-0.4, -0.2) is 18.7 Å². The Kier molecular flexibility index (Phi) is 6.44. The predicted molar refractivity (Wildman–Crippen MR) is 112 cm³/mol. The second kappa shape index (κ2) is 8.98. The zero-order valence-electron chi connectivity index (χ0n) is 16.4. The number of ketones is 1. The summed E-state index contributed by atoms with van der Waals surface area (Å²) in [6.07, 6.45) is 6.61. The predicted octanol–water partition coefficient (Wildman–Crippen LogP) is 4.95. The van der Waals surface area contributed by atoms with Crippen molar-refractivity contribution >= 4 is 11.6 Å².